The first-order valence-electron chi connectivity index (χ1n) is 19.0. The Labute approximate surface area is 316 Å². The number of rotatable bonds is 13. The maximum absolute atomic E-state index is 14.0. The second-order valence-electron chi connectivity index (χ2n) is 14.7. The number of nitrogens with zero attached hydrogens (tertiary/aromatic N) is 4. The predicted octanol–water partition coefficient (Wildman–Crippen LogP) is 8.80. The number of nitrogens with one attached hydrogen (secondary N) is 1. The maximum atomic E-state index is 14.0. The molecule has 7 nitrogen and oxygen atoms in total. The molecule has 274 valence electrons. The van der Waals surface area contributed by atoms with Crippen molar-refractivity contribution in [1.82, 2.24) is 24.7 Å². The minimum absolute atomic E-state index is 0.0902. The van der Waals surface area contributed by atoms with Crippen molar-refractivity contribution in [2.45, 2.75) is 64.5 Å². The maximum Gasteiger partial charge on any atom is 0.253 e. The van der Waals surface area contributed by atoms with Gasteiger partial charge in [0.15, 0.2) is 0 Å². The summed E-state index contributed by atoms with van der Waals surface area (Å²) in [5.74, 6) is 1.24. The first-order chi connectivity index (χ1) is 26.0. The Morgan fingerprint density at radius 1 is 0.755 bits per heavy atom. The SMILES string of the molecule is O=C(Cc1cccc(F)c1)N(Cc1cccc(-c2cccc(C(=O)N3CCC(CCCC4CCNCC4)CC3)c2)c1)Cc1cccc(-c2csnn2)c1. The zero-order valence-electron chi connectivity index (χ0n) is 30.3. The molecule has 5 aromatic rings. The summed E-state index contributed by atoms with van der Waals surface area (Å²) in [6.45, 7) is 4.72. The van der Waals surface area contributed by atoms with Gasteiger partial charge in [0.05, 0.1) is 6.42 Å². The zero-order chi connectivity index (χ0) is 36.4. The monoisotopic (exact) mass is 729 g/mol. The summed E-state index contributed by atoms with van der Waals surface area (Å²) < 4.78 is 18.0. The predicted molar refractivity (Wildman–Crippen MR) is 210 cm³/mol. The lowest BCUT2D eigenvalue weighted by molar-refractivity contribution is -0.131. The molecule has 0 unspecified atom stereocenters. The van der Waals surface area contributed by atoms with E-state index in [2.05, 4.69) is 21.0 Å². The molecular weight excluding hydrogens is 682 g/mol. The van der Waals surface area contributed by atoms with Gasteiger partial charge >= 0.3 is 0 Å². The van der Waals surface area contributed by atoms with Gasteiger partial charge in [0.25, 0.3) is 5.91 Å². The standard InChI is InChI=1S/C44H48FN5O2S/c45-41-15-4-8-34(26-41)27-43(51)50(30-36-10-3-13-39(25-36)42-31-53-48-47-42)29-35-9-2-11-37(24-35)38-12-5-14-40(28-38)44(52)49-22-18-33(19-23-49)7-1-6-32-16-20-46-21-17-32/h2-5,8-15,24-26,28,31-33,46H,1,6-7,16-23,27,29-30H2. The Morgan fingerprint density at radius 2 is 1.38 bits per heavy atom. The fourth-order valence-corrected chi connectivity index (χ4v) is 8.35. The number of carbonyl (C=O) groups excluding carboxylic acids is 2. The molecule has 0 spiro atoms. The summed E-state index contributed by atoms with van der Waals surface area (Å²) in [4.78, 5) is 31.4. The van der Waals surface area contributed by atoms with Gasteiger partial charge in [-0.25, -0.2) is 4.39 Å². The molecule has 1 aromatic heterocycles. The zero-order valence-corrected chi connectivity index (χ0v) is 31.1. The topological polar surface area (TPSA) is 78.4 Å². The van der Waals surface area contributed by atoms with Crippen LogP contribution in [-0.2, 0) is 24.3 Å². The second-order valence-corrected chi connectivity index (χ2v) is 15.3. The van der Waals surface area contributed by atoms with E-state index >= 15 is 0 Å². The van der Waals surface area contributed by atoms with Crippen molar-refractivity contribution < 1.29 is 14.0 Å². The molecule has 2 aliphatic rings. The molecular formula is C44H48FN5O2S. The summed E-state index contributed by atoms with van der Waals surface area (Å²) in [7, 11) is 0. The molecule has 9 heteroatoms. The summed E-state index contributed by atoms with van der Waals surface area (Å²) in [5, 5.41) is 9.58. The highest BCUT2D eigenvalue weighted by Gasteiger charge is 2.24. The van der Waals surface area contributed by atoms with Crippen LogP contribution in [0.1, 0.15) is 72.0 Å². The number of aromatic nitrogens is 2. The number of piperidine rings is 2. The number of halogens is 1. The first-order valence-corrected chi connectivity index (χ1v) is 19.9. The van der Waals surface area contributed by atoms with Gasteiger partial charge in [-0.3, -0.25) is 9.59 Å². The third kappa shape index (κ3) is 10.0. The van der Waals surface area contributed by atoms with E-state index < -0.39 is 0 Å². The Morgan fingerprint density at radius 3 is 2.08 bits per heavy atom. The highest BCUT2D eigenvalue weighted by Crippen LogP contribution is 2.29. The Balaban J connectivity index is 1.02. The van der Waals surface area contributed by atoms with Crippen LogP contribution in [-0.4, -0.2) is 57.4 Å². The van der Waals surface area contributed by atoms with E-state index in [1.54, 1.807) is 12.1 Å². The van der Waals surface area contributed by atoms with Crippen LogP contribution in [0.5, 0.6) is 0 Å². The Kier molecular flexibility index (Phi) is 12.3. The third-order valence-corrected chi connectivity index (χ3v) is 11.4. The molecule has 0 bridgehead atoms. The third-order valence-electron chi connectivity index (χ3n) is 10.9. The fraction of sp³-hybridized carbons (Fsp3) is 0.364. The Hall–Kier alpha value is -4.73. The molecule has 3 heterocycles. The number of benzene rings is 4. The summed E-state index contributed by atoms with van der Waals surface area (Å²) >= 11 is 1.30. The van der Waals surface area contributed by atoms with Gasteiger partial charge in [-0.15, -0.1) is 5.10 Å². The molecule has 0 saturated carbocycles. The summed E-state index contributed by atoms with van der Waals surface area (Å²) in [6.07, 6.45) is 8.82. The molecule has 4 aromatic carbocycles. The van der Waals surface area contributed by atoms with Gasteiger partial charge in [-0.1, -0.05) is 84.4 Å². The normalized spacial score (nSPS) is 15.4. The number of hydrogen-bond donors (Lipinski definition) is 1. The summed E-state index contributed by atoms with van der Waals surface area (Å²) in [5.41, 5.74) is 6.96. The lowest BCUT2D eigenvalue weighted by Crippen LogP contribution is -2.38. The van der Waals surface area contributed by atoms with Crippen LogP contribution in [0, 0.1) is 17.7 Å². The van der Waals surface area contributed by atoms with E-state index in [0.29, 0.717) is 30.1 Å². The largest absolute Gasteiger partial charge is 0.339 e. The lowest BCUT2D eigenvalue weighted by atomic mass is 9.87. The number of hydrogen-bond acceptors (Lipinski definition) is 6. The average Bonchev–Trinajstić information content (AvgIpc) is 3.74. The number of likely N-dealkylation sites (tertiary alicyclic amines) is 1. The number of carbonyl (C=O) groups is 2. The smallest absolute Gasteiger partial charge is 0.253 e. The minimum atomic E-state index is -0.359. The fourth-order valence-electron chi connectivity index (χ4n) is 7.88. The molecule has 2 fully saturated rings. The van der Waals surface area contributed by atoms with Crippen molar-refractivity contribution in [2.24, 2.45) is 11.8 Å². The van der Waals surface area contributed by atoms with Gasteiger partial charge in [0.2, 0.25) is 5.91 Å². The lowest BCUT2D eigenvalue weighted by Gasteiger charge is -2.32. The van der Waals surface area contributed by atoms with Crippen LogP contribution in [0.3, 0.4) is 0 Å². The quantitative estimate of drug-likeness (QED) is 0.131. The highest BCUT2D eigenvalue weighted by molar-refractivity contribution is 7.03. The van der Waals surface area contributed by atoms with E-state index in [0.717, 1.165) is 65.4 Å². The molecule has 1 N–H and O–H groups in total. The summed E-state index contributed by atoms with van der Waals surface area (Å²) in [6, 6.07) is 30.3. The van der Waals surface area contributed by atoms with E-state index in [4.69, 9.17) is 0 Å². The van der Waals surface area contributed by atoms with Crippen LogP contribution in [0.15, 0.2) is 102 Å². The van der Waals surface area contributed by atoms with E-state index in [1.165, 1.54) is 68.9 Å². The van der Waals surface area contributed by atoms with Crippen molar-refractivity contribution in [2.75, 3.05) is 26.2 Å². The average molecular weight is 730 g/mol. The Bertz CT molecular complexity index is 1970. The van der Waals surface area contributed by atoms with Crippen LogP contribution in [0.4, 0.5) is 4.39 Å². The van der Waals surface area contributed by atoms with Crippen molar-refractivity contribution in [1.29, 1.82) is 0 Å². The molecule has 7 rings (SSSR count). The highest BCUT2D eigenvalue weighted by atomic mass is 32.1. The molecule has 53 heavy (non-hydrogen) atoms. The van der Waals surface area contributed by atoms with Crippen molar-refractivity contribution >= 4 is 23.3 Å². The van der Waals surface area contributed by atoms with E-state index in [-0.39, 0.29) is 24.1 Å². The second kappa shape index (κ2) is 17.9. The molecule has 0 atom stereocenters. The van der Waals surface area contributed by atoms with E-state index in [9.17, 15) is 14.0 Å². The van der Waals surface area contributed by atoms with Crippen molar-refractivity contribution in [3.05, 3.63) is 131 Å². The molecule has 2 amide bonds. The van der Waals surface area contributed by atoms with Crippen LogP contribution in [0.25, 0.3) is 22.4 Å². The number of amides is 2. The van der Waals surface area contributed by atoms with Gasteiger partial charge in [-0.05, 0) is 126 Å². The van der Waals surface area contributed by atoms with Crippen molar-refractivity contribution in [3.8, 4) is 22.4 Å². The molecule has 0 radical (unpaired) electrons. The minimum Gasteiger partial charge on any atom is -0.339 e. The van der Waals surface area contributed by atoms with Gasteiger partial charge < -0.3 is 15.1 Å². The van der Waals surface area contributed by atoms with Crippen LogP contribution in [0.2, 0.25) is 0 Å². The molecule has 2 saturated heterocycles. The first kappa shape index (κ1) is 36.6. The van der Waals surface area contributed by atoms with Gasteiger partial charge in [0, 0.05) is 42.7 Å². The van der Waals surface area contributed by atoms with Gasteiger partial charge in [0.1, 0.15) is 11.5 Å². The molecule has 0 aliphatic carbocycles. The van der Waals surface area contributed by atoms with Gasteiger partial charge in [-0.2, -0.15) is 0 Å². The van der Waals surface area contributed by atoms with E-state index in [1.807, 2.05) is 81.9 Å². The van der Waals surface area contributed by atoms with Crippen LogP contribution >= 0.6 is 11.5 Å². The molecule has 2 aliphatic heterocycles. The van der Waals surface area contributed by atoms with Crippen LogP contribution < -0.4 is 5.32 Å². The van der Waals surface area contributed by atoms with Crippen molar-refractivity contribution in [3.63, 3.8) is 0 Å².